The number of aryl methyl sites for hydroxylation is 1. The Morgan fingerprint density at radius 1 is 1.30 bits per heavy atom. The van der Waals surface area contributed by atoms with Crippen molar-refractivity contribution in [2.45, 2.75) is 33.7 Å². The zero-order chi connectivity index (χ0) is 15.5. The quantitative estimate of drug-likeness (QED) is 0.787. The lowest BCUT2D eigenvalue weighted by Gasteiger charge is -2.27. The summed E-state index contributed by atoms with van der Waals surface area (Å²) in [4.78, 5) is 23.1. The summed E-state index contributed by atoms with van der Waals surface area (Å²) < 4.78 is 0.737. The van der Waals surface area contributed by atoms with Gasteiger partial charge in [-0.2, -0.15) is 0 Å². The number of nitrogens with one attached hydrogen (secondary N) is 2. The Bertz CT molecular complexity index is 524. The Hall–Kier alpha value is -1.56. The number of carboxylic acids is 1. The van der Waals surface area contributed by atoms with Crippen molar-refractivity contribution in [3.8, 4) is 0 Å². The summed E-state index contributed by atoms with van der Waals surface area (Å²) in [6.07, 6.45) is 0. The number of carbonyl (C=O) groups is 2. The van der Waals surface area contributed by atoms with Crippen LogP contribution in [0.25, 0.3) is 0 Å². The highest BCUT2D eigenvalue weighted by molar-refractivity contribution is 9.10. The van der Waals surface area contributed by atoms with E-state index in [0.29, 0.717) is 5.69 Å². The number of hydrogen-bond acceptors (Lipinski definition) is 2. The van der Waals surface area contributed by atoms with Crippen LogP contribution in [-0.4, -0.2) is 23.1 Å². The van der Waals surface area contributed by atoms with Crippen molar-refractivity contribution in [2.75, 3.05) is 5.32 Å². The number of anilines is 1. The van der Waals surface area contributed by atoms with Crippen molar-refractivity contribution in [1.29, 1.82) is 0 Å². The molecule has 0 radical (unpaired) electrons. The zero-order valence-electron chi connectivity index (χ0n) is 12.0. The van der Waals surface area contributed by atoms with Gasteiger partial charge in [-0.1, -0.05) is 26.8 Å². The molecule has 5 nitrogen and oxygen atoms in total. The van der Waals surface area contributed by atoms with Gasteiger partial charge in [-0.05, 0) is 46.0 Å². The van der Waals surface area contributed by atoms with Crippen molar-refractivity contribution >= 4 is 33.6 Å². The van der Waals surface area contributed by atoms with Crippen LogP contribution in [0, 0.1) is 12.3 Å². The molecule has 0 fully saturated rings. The van der Waals surface area contributed by atoms with Gasteiger partial charge in [0.05, 0.1) is 5.69 Å². The lowest BCUT2D eigenvalue weighted by Crippen LogP contribution is -2.50. The SMILES string of the molecule is Cc1ccc(Br)c(NC(=O)NC(C(=O)O)C(C)(C)C)c1. The molecule has 1 aromatic rings. The van der Waals surface area contributed by atoms with E-state index >= 15 is 0 Å². The fourth-order valence-electron chi connectivity index (χ4n) is 1.67. The summed E-state index contributed by atoms with van der Waals surface area (Å²) >= 11 is 3.33. The number of hydrogen-bond donors (Lipinski definition) is 3. The summed E-state index contributed by atoms with van der Waals surface area (Å²) in [5.41, 5.74) is 1.02. The normalized spacial score (nSPS) is 12.7. The van der Waals surface area contributed by atoms with Crippen LogP contribution >= 0.6 is 15.9 Å². The van der Waals surface area contributed by atoms with Crippen LogP contribution < -0.4 is 10.6 Å². The Labute approximate surface area is 126 Å². The minimum atomic E-state index is -1.06. The maximum absolute atomic E-state index is 11.9. The van der Waals surface area contributed by atoms with Crippen molar-refractivity contribution in [3.63, 3.8) is 0 Å². The first-order chi connectivity index (χ1) is 9.11. The molecule has 0 aliphatic heterocycles. The smallest absolute Gasteiger partial charge is 0.326 e. The largest absolute Gasteiger partial charge is 0.480 e. The summed E-state index contributed by atoms with van der Waals surface area (Å²) in [5.74, 6) is -1.06. The number of halogens is 1. The highest BCUT2D eigenvalue weighted by Gasteiger charge is 2.32. The molecule has 1 aromatic carbocycles. The predicted molar refractivity (Wildman–Crippen MR) is 81.9 cm³/mol. The molecule has 2 amide bonds. The second kappa shape index (κ2) is 6.26. The molecule has 0 aliphatic carbocycles. The van der Waals surface area contributed by atoms with Gasteiger partial charge in [-0.15, -0.1) is 0 Å². The molecule has 0 spiro atoms. The maximum atomic E-state index is 11.9. The first kappa shape index (κ1) is 16.5. The Kier molecular flexibility index (Phi) is 5.16. The Balaban J connectivity index is 2.81. The number of benzene rings is 1. The van der Waals surface area contributed by atoms with E-state index in [0.717, 1.165) is 10.0 Å². The third-order valence-electron chi connectivity index (χ3n) is 2.76. The number of aliphatic carboxylic acids is 1. The average molecular weight is 343 g/mol. The standard InChI is InChI=1S/C14H19BrN2O3/c1-8-5-6-9(15)10(7-8)16-13(20)17-11(12(18)19)14(2,3)4/h5-7,11H,1-4H3,(H,18,19)(H2,16,17,20). The van der Waals surface area contributed by atoms with Gasteiger partial charge in [-0.3, -0.25) is 0 Å². The van der Waals surface area contributed by atoms with Gasteiger partial charge in [0.1, 0.15) is 6.04 Å². The van der Waals surface area contributed by atoms with Crippen molar-refractivity contribution in [3.05, 3.63) is 28.2 Å². The second-order valence-corrected chi connectivity index (χ2v) is 6.57. The van der Waals surface area contributed by atoms with Crippen LogP contribution in [-0.2, 0) is 4.79 Å². The number of carboxylic acid groups (broad SMARTS) is 1. The van der Waals surface area contributed by atoms with Crippen molar-refractivity contribution in [1.82, 2.24) is 5.32 Å². The minimum absolute atomic E-state index is 0.543. The molecule has 20 heavy (non-hydrogen) atoms. The third kappa shape index (κ3) is 4.52. The third-order valence-corrected chi connectivity index (χ3v) is 3.45. The van der Waals surface area contributed by atoms with Gasteiger partial charge in [-0.25, -0.2) is 9.59 Å². The van der Waals surface area contributed by atoms with Crippen LogP contribution in [0.3, 0.4) is 0 Å². The zero-order valence-corrected chi connectivity index (χ0v) is 13.5. The van der Waals surface area contributed by atoms with E-state index in [1.54, 1.807) is 26.8 Å². The molecule has 0 aliphatic rings. The van der Waals surface area contributed by atoms with E-state index in [1.165, 1.54) is 0 Å². The maximum Gasteiger partial charge on any atom is 0.326 e. The molecule has 0 aromatic heterocycles. The summed E-state index contributed by atoms with van der Waals surface area (Å²) in [6, 6.07) is 4.02. The van der Waals surface area contributed by atoms with Gasteiger partial charge in [0, 0.05) is 4.47 Å². The first-order valence-corrected chi connectivity index (χ1v) is 6.97. The van der Waals surface area contributed by atoms with Crippen LogP contribution in [0.4, 0.5) is 10.5 Å². The molecular weight excluding hydrogens is 324 g/mol. The topological polar surface area (TPSA) is 78.4 Å². The molecule has 6 heteroatoms. The van der Waals surface area contributed by atoms with E-state index in [9.17, 15) is 14.7 Å². The molecule has 0 heterocycles. The summed E-state index contributed by atoms with van der Waals surface area (Å²) in [7, 11) is 0. The fraction of sp³-hybridized carbons (Fsp3) is 0.429. The molecule has 0 bridgehead atoms. The number of urea groups is 1. The summed E-state index contributed by atoms with van der Waals surface area (Å²) in [6.45, 7) is 7.18. The Morgan fingerprint density at radius 3 is 2.40 bits per heavy atom. The van der Waals surface area contributed by atoms with E-state index in [2.05, 4.69) is 26.6 Å². The van der Waals surface area contributed by atoms with E-state index in [-0.39, 0.29) is 0 Å². The highest BCUT2D eigenvalue weighted by Crippen LogP contribution is 2.24. The highest BCUT2D eigenvalue weighted by atomic mass is 79.9. The van der Waals surface area contributed by atoms with Crippen LogP contribution in [0.5, 0.6) is 0 Å². The monoisotopic (exact) mass is 342 g/mol. The molecular formula is C14H19BrN2O3. The van der Waals surface area contributed by atoms with Gasteiger partial charge in [0.2, 0.25) is 0 Å². The summed E-state index contributed by atoms with van der Waals surface area (Å²) in [5, 5.41) is 14.3. The van der Waals surface area contributed by atoms with Gasteiger partial charge in [0.15, 0.2) is 0 Å². The number of carbonyl (C=O) groups excluding carboxylic acids is 1. The minimum Gasteiger partial charge on any atom is -0.480 e. The molecule has 3 N–H and O–H groups in total. The van der Waals surface area contributed by atoms with Gasteiger partial charge >= 0.3 is 12.0 Å². The van der Waals surface area contributed by atoms with Crippen molar-refractivity contribution < 1.29 is 14.7 Å². The Morgan fingerprint density at radius 2 is 1.90 bits per heavy atom. The predicted octanol–water partition coefficient (Wildman–Crippen LogP) is 3.38. The number of amides is 2. The molecule has 1 rings (SSSR count). The molecule has 1 unspecified atom stereocenters. The van der Waals surface area contributed by atoms with E-state index in [4.69, 9.17) is 0 Å². The molecule has 0 saturated carbocycles. The molecule has 110 valence electrons. The first-order valence-electron chi connectivity index (χ1n) is 6.17. The van der Waals surface area contributed by atoms with E-state index < -0.39 is 23.5 Å². The average Bonchev–Trinajstić information content (AvgIpc) is 2.29. The number of rotatable bonds is 3. The van der Waals surface area contributed by atoms with Crippen LogP contribution in [0.2, 0.25) is 0 Å². The molecule has 0 saturated heterocycles. The second-order valence-electron chi connectivity index (χ2n) is 5.72. The van der Waals surface area contributed by atoms with Gasteiger partial charge in [0.25, 0.3) is 0 Å². The van der Waals surface area contributed by atoms with Crippen LogP contribution in [0.15, 0.2) is 22.7 Å². The van der Waals surface area contributed by atoms with Crippen LogP contribution in [0.1, 0.15) is 26.3 Å². The van der Waals surface area contributed by atoms with Crippen molar-refractivity contribution in [2.24, 2.45) is 5.41 Å². The lowest BCUT2D eigenvalue weighted by molar-refractivity contribution is -0.141. The van der Waals surface area contributed by atoms with E-state index in [1.807, 2.05) is 19.1 Å². The molecule has 1 atom stereocenters. The fourth-order valence-corrected chi connectivity index (χ4v) is 2.02. The van der Waals surface area contributed by atoms with Gasteiger partial charge < -0.3 is 15.7 Å². The lowest BCUT2D eigenvalue weighted by atomic mass is 9.87.